The molecule has 0 aromatic heterocycles. The van der Waals surface area contributed by atoms with E-state index in [-0.39, 0.29) is 36.5 Å². The lowest BCUT2D eigenvalue weighted by Crippen LogP contribution is -2.38. The normalized spacial score (nSPS) is 20.9. The predicted molar refractivity (Wildman–Crippen MR) is 99.6 cm³/mol. The van der Waals surface area contributed by atoms with Crippen molar-refractivity contribution in [3.8, 4) is 0 Å². The standard InChI is InChI=1S/C20H27N3O3/c1-14-13-16(14)20(26)22-10-8-18(24)21-11-9-19(25)23-12-4-6-15-5-2-3-7-17(15)23/h2-3,5,7,14,16H,4,6,8-13H2,1H3,(H,21,24)(H,22,26)/t14-,16+/m1/s1. The summed E-state index contributed by atoms with van der Waals surface area (Å²) in [4.78, 5) is 37.8. The number of fused-ring (bicyclic) bond motifs is 1. The second-order valence-corrected chi connectivity index (χ2v) is 7.24. The molecule has 26 heavy (non-hydrogen) atoms. The van der Waals surface area contributed by atoms with E-state index in [1.165, 1.54) is 5.56 Å². The third-order valence-corrected chi connectivity index (χ3v) is 5.17. The third-order valence-electron chi connectivity index (χ3n) is 5.17. The van der Waals surface area contributed by atoms with Gasteiger partial charge in [0.15, 0.2) is 0 Å². The number of carbonyl (C=O) groups excluding carboxylic acids is 3. The molecule has 1 heterocycles. The first-order chi connectivity index (χ1) is 12.6. The highest BCUT2D eigenvalue weighted by atomic mass is 16.2. The lowest BCUT2D eigenvalue weighted by molar-refractivity contribution is -0.123. The maximum Gasteiger partial charge on any atom is 0.228 e. The van der Waals surface area contributed by atoms with E-state index < -0.39 is 0 Å². The first-order valence-corrected chi connectivity index (χ1v) is 9.49. The van der Waals surface area contributed by atoms with Crippen molar-refractivity contribution in [3.05, 3.63) is 29.8 Å². The van der Waals surface area contributed by atoms with Crippen LogP contribution in [0.1, 0.15) is 38.2 Å². The van der Waals surface area contributed by atoms with Crippen LogP contribution in [0.25, 0.3) is 0 Å². The summed E-state index contributed by atoms with van der Waals surface area (Å²) in [7, 11) is 0. The number of amides is 3. The number of nitrogens with one attached hydrogen (secondary N) is 2. The van der Waals surface area contributed by atoms with Crippen molar-refractivity contribution in [2.24, 2.45) is 11.8 Å². The molecule has 1 fully saturated rings. The highest BCUT2D eigenvalue weighted by molar-refractivity contribution is 5.95. The van der Waals surface area contributed by atoms with E-state index in [4.69, 9.17) is 0 Å². The van der Waals surface area contributed by atoms with Crippen molar-refractivity contribution < 1.29 is 14.4 Å². The van der Waals surface area contributed by atoms with Gasteiger partial charge in [0, 0.05) is 44.1 Å². The molecule has 3 rings (SSSR count). The molecule has 2 aliphatic rings. The maximum absolute atomic E-state index is 12.5. The van der Waals surface area contributed by atoms with Gasteiger partial charge >= 0.3 is 0 Å². The Bertz CT molecular complexity index is 689. The number of hydrogen-bond acceptors (Lipinski definition) is 3. The Morgan fingerprint density at radius 1 is 1.12 bits per heavy atom. The molecule has 3 amide bonds. The van der Waals surface area contributed by atoms with E-state index in [2.05, 4.69) is 23.6 Å². The molecule has 1 aromatic carbocycles. The second-order valence-electron chi connectivity index (χ2n) is 7.24. The summed E-state index contributed by atoms with van der Waals surface area (Å²) >= 11 is 0. The average Bonchev–Trinajstić information content (AvgIpc) is 3.38. The van der Waals surface area contributed by atoms with Gasteiger partial charge in [-0.05, 0) is 36.8 Å². The molecule has 2 atom stereocenters. The number of aryl methyl sites for hydroxylation is 1. The summed E-state index contributed by atoms with van der Waals surface area (Å²) in [6.07, 6.45) is 3.44. The Kier molecular flexibility index (Phi) is 5.91. The number of rotatable bonds is 7. The Morgan fingerprint density at radius 3 is 2.62 bits per heavy atom. The lowest BCUT2D eigenvalue weighted by atomic mass is 10.0. The number of para-hydroxylation sites is 1. The van der Waals surface area contributed by atoms with Crippen LogP contribution in [0.2, 0.25) is 0 Å². The Balaban J connectivity index is 1.35. The first kappa shape index (κ1) is 18.4. The van der Waals surface area contributed by atoms with E-state index in [0.717, 1.165) is 31.5 Å². The van der Waals surface area contributed by atoms with E-state index in [1.807, 2.05) is 23.1 Å². The first-order valence-electron chi connectivity index (χ1n) is 9.49. The minimum atomic E-state index is -0.138. The maximum atomic E-state index is 12.5. The van der Waals surface area contributed by atoms with Crippen LogP contribution in [-0.4, -0.2) is 37.4 Å². The van der Waals surface area contributed by atoms with Crippen molar-refractivity contribution in [2.45, 2.75) is 39.0 Å². The van der Waals surface area contributed by atoms with Crippen LogP contribution in [0.3, 0.4) is 0 Å². The quantitative estimate of drug-likeness (QED) is 0.779. The fraction of sp³-hybridized carbons (Fsp3) is 0.550. The van der Waals surface area contributed by atoms with Crippen molar-refractivity contribution in [1.82, 2.24) is 10.6 Å². The lowest BCUT2D eigenvalue weighted by Gasteiger charge is -2.29. The summed E-state index contributed by atoms with van der Waals surface area (Å²) in [5.74, 6) is 0.538. The second kappa shape index (κ2) is 8.34. The van der Waals surface area contributed by atoms with Crippen molar-refractivity contribution in [3.63, 3.8) is 0 Å². The van der Waals surface area contributed by atoms with Crippen LogP contribution >= 0.6 is 0 Å². The van der Waals surface area contributed by atoms with Gasteiger partial charge in [-0.1, -0.05) is 25.1 Å². The Morgan fingerprint density at radius 2 is 1.85 bits per heavy atom. The van der Waals surface area contributed by atoms with Gasteiger partial charge in [0.1, 0.15) is 0 Å². The van der Waals surface area contributed by atoms with E-state index >= 15 is 0 Å². The van der Waals surface area contributed by atoms with Crippen LogP contribution in [0, 0.1) is 11.8 Å². The monoisotopic (exact) mass is 357 g/mol. The number of hydrogen-bond donors (Lipinski definition) is 2. The topological polar surface area (TPSA) is 78.5 Å². The molecule has 0 unspecified atom stereocenters. The van der Waals surface area contributed by atoms with Crippen molar-refractivity contribution in [2.75, 3.05) is 24.5 Å². The Hall–Kier alpha value is -2.37. The van der Waals surface area contributed by atoms with Crippen LogP contribution in [0.15, 0.2) is 24.3 Å². The third kappa shape index (κ3) is 4.62. The summed E-state index contributed by atoms with van der Waals surface area (Å²) < 4.78 is 0. The van der Waals surface area contributed by atoms with Gasteiger partial charge in [-0.25, -0.2) is 0 Å². The van der Waals surface area contributed by atoms with Gasteiger partial charge in [0.25, 0.3) is 0 Å². The molecule has 140 valence electrons. The zero-order valence-corrected chi connectivity index (χ0v) is 15.3. The largest absolute Gasteiger partial charge is 0.356 e. The number of nitrogens with zero attached hydrogens (tertiary/aromatic N) is 1. The zero-order valence-electron chi connectivity index (χ0n) is 15.3. The van der Waals surface area contributed by atoms with Gasteiger partial charge in [0.2, 0.25) is 17.7 Å². The SMILES string of the molecule is C[C@@H]1C[C@@H]1C(=O)NCCC(=O)NCCC(=O)N1CCCc2ccccc21. The van der Waals surface area contributed by atoms with Gasteiger partial charge in [-0.3, -0.25) is 14.4 Å². The minimum absolute atomic E-state index is 0.0356. The molecule has 1 saturated carbocycles. The summed E-state index contributed by atoms with van der Waals surface area (Å²) in [6, 6.07) is 7.99. The van der Waals surface area contributed by atoms with Gasteiger partial charge in [-0.15, -0.1) is 0 Å². The van der Waals surface area contributed by atoms with Gasteiger partial charge in [0.05, 0.1) is 0 Å². The molecule has 0 radical (unpaired) electrons. The molecule has 1 aliphatic heterocycles. The number of anilines is 1. The van der Waals surface area contributed by atoms with Crippen molar-refractivity contribution in [1.29, 1.82) is 0 Å². The van der Waals surface area contributed by atoms with Crippen LogP contribution in [-0.2, 0) is 20.8 Å². The smallest absolute Gasteiger partial charge is 0.228 e. The van der Waals surface area contributed by atoms with Gasteiger partial charge < -0.3 is 15.5 Å². The number of carbonyl (C=O) groups is 3. The van der Waals surface area contributed by atoms with Crippen LogP contribution in [0.5, 0.6) is 0 Å². The molecule has 6 nitrogen and oxygen atoms in total. The zero-order chi connectivity index (χ0) is 18.5. The van der Waals surface area contributed by atoms with Crippen LogP contribution < -0.4 is 15.5 Å². The molecule has 0 spiro atoms. The summed E-state index contributed by atoms with van der Waals surface area (Å²) in [5, 5.41) is 5.56. The molecular weight excluding hydrogens is 330 g/mol. The molecule has 0 saturated heterocycles. The molecular formula is C20H27N3O3. The average molecular weight is 357 g/mol. The Labute approximate surface area is 154 Å². The highest BCUT2D eigenvalue weighted by Gasteiger charge is 2.38. The highest BCUT2D eigenvalue weighted by Crippen LogP contribution is 2.37. The minimum Gasteiger partial charge on any atom is -0.356 e. The molecule has 1 aromatic rings. The predicted octanol–water partition coefficient (Wildman–Crippen LogP) is 1.63. The van der Waals surface area contributed by atoms with Gasteiger partial charge in [-0.2, -0.15) is 0 Å². The van der Waals surface area contributed by atoms with Crippen LogP contribution in [0.4, 0.5) is 5.69 Å². The molecule has 6 heteroatoms. The van der Waals surface area contributed by atoms with E-state index in [0.29, 0.717) is 19.0 Å². The molecule has 0 bridgehead atoms. The van der Waals surface area contributed by atoms with E-state index in [9.17, 15) is 14.4 Å². The van der Waals surface area contributed by atoms with E-state index in [1.54, 1.807) is 0 Å². The molecule has 2 N–H and O–H groups in total. The number of benzene rings is 1. The fourth-order valence-corrected chi connectivity index (χ4v) is 3.44. The summed E-state index contributed by atoms with van der Waals surface area (Å²) in [6.45, 7) is 3.45. The summed E-state index contributed by atoms with van der Waals surface area (Å²) in [5.41, 5.74) is 2.20. The fourth-order valence-electron chi connectivity index (χ4n) is 3.44. The van der Waals surface area contributed by atoms with Crippen molar-refractivity contribution >= 4 is 23.4 Å². The molecule has 1 aliphatic carbocycles.